The molecule has 0 radical (unpaired) electrons. The van der Waals surface area contributed by atoms with Crippen molar-refractivity contribution in [3.63, 3.8) is 0 Å². The lowest BCUT2D eigenvalue weighted by Gasteiger charge is -2.13. The largest absolute Gasteiger partial charge is 0.454 e. The van der Waals surface area contributed by atoms with Crippen LogP contribution in [-0.4, -0.2) is 24.8 Å². The highest BCUT2D eigenvalue weighted by Crippen LogP contribution is 2.32. The molecule has 0 spiro atoms. The first-order valence-corrected chi connectivity index (χ1v) is 8.93. The minimum absolute atomic E-state index is 0.212. The second kappa shape index (κ2) is 8.02. The van der Waals surface area contributed by atoms with Crippen molar-refractivity contribution < 1.29 is 23.8 Å². The van der Waals surface area contributed by atoms with Crippen molar-refractivity contribution >= 4 is 23.2 Å². The Morgan fingerprint density at radius 1 is 1.24 bits per heavy atom. The minimum atomic E-state index is -0.830. The molecule has 132 valence electrons. The van der Waals surface area contributed by atoms with Crippen LogP contribution in [0.2, 0.25) is 0 Å². The van der Waals surface area contributed by atoms with Crippen LogP contribution in [0.15, 0.2) is 35.0 Å². The van der Waals surface area contributed by atoms with Crippen molar-refractivity contribution in [2.75, 3.05) is 6.79 Å². The quantitative estimate of drug-likeness (QED) is 0.768. The number of rotatable bonds is 7. The molecule has 3 rings (SSSR count). The van der Waals surface area contributed by atoms with Gasteiger partial charge in [0.1, 0.15) is 0 Å². The molecule has 1 N–H and O–H groups in total. The molecule has 0 saturated heterocycles. The summed E-state index contributed by atoms with van der Waals surface area (Å²) in [6.45, 7) is 2.10. The maximum absolute atomic E-state index is 12.1. The van der Waals surface area contributed by atoms with E-state index >= 15 is 0 Å². The van der Waals surface area contributed by atoms with E-state index in [1.54, 1.807) is 24.3 Å². The van der Waals surface area contributed by atoms with Gasteiger partial charge in [-0.05, 0) is 53.4 Å². The average Bonchev–Trinajstić information content (AvgIpc) is 3.28. The Morgan fingerprint density at radius 3 is 2.88 bits per heavy atom. The fraction of sp³-hybridized carbons (Fsp3) is 0.333. The number of hydrogen-bond donors (Lipinski definition) is 1. The first-order chi connectivity index (χ1) is 12.1. The molecule has 1 atom stereocenters. The van der Waals surface area contributed by atoms with Gasteiger partial charge in [0.25, 0.3) is 5.91 Å². The molecule has 6 nitrogen and oxygen atoms in total. The molecule has 0 unspecified atom stereocenters. The molecule has 1 aliphatic heterocycles. The van der Waals surface area contributed by atoms with Gasteiger partial charge in [0, 0.05) is 13.0 Å². The molecule has 1 aliphatic rings. The lowest BCUT2D eigenvalue weighted by atomic mass is 10.2. The van der Waals surface area contributed by atoms with Crippen molar-refractivity contribution in [2.45, 2.75) is 32.4 Å². The normalized spacial score (nSPS) is 13.3. The Kier molecular flexibility index (Phi) is 5.55. The summed E-state index contributed by atoms with van der Waals surface area (Å²) in [5.74, 6) is 0.654. The summed E-state index contributed by atoms with van der Waals surface area (Å²) < 4.78 is 15.7. The third-order valence-corrected chi connectivity index (χ3v) is 4.51. The lowest BCUT2D eigenvalue weighted by Crippen LogP contribution is -2.35. The van der Waals surface area contributed by atoms with Gasteiger partial charge in [-0.2, -0.15) is 11.3 Å². The van der Waals surface area contributed by atoms with Gasteiger partial charge in [0.2, 0.25) is 6.79 Å². The molecule has 0 saturated carbocycles. The molecule has 1 aromatic heterocycles. The van der Waals surface area contributed by atoms with Crippen LogP contribution in [0.25, 0.3) is 0 Å². The fourth-order valence-corrected chi connectivity index (χ4v) is 3.08. The summed E-state index contributed by atoms with van der Waals surface area (Å²) in [6, 6.07) is 7.45. The summed E-state index contributed by atoms with van der Waals surface area (Å²) >= 11 is 1.59. The fourth-order valence-electron chi connectivity index (χ4n) is 2.37. The maximum atomic E-state index is 12.1. The minimum Gasteiger partial charge on any atom is -0.454 e. The van der Waals surface area contributed by atoms with Crippen LogP contribution in [0.3, 0.4) is 0 Å². The van der Waals surface area contributed by atoms with Crippen molar-refractivity contribution in [3.8, 4) is 11.5 Å². The smallest absolute Gasteiger partial charge is 0.306 e. The number of hydrogen-bond acceptors (Lipinski definition) is 6. The predicted octanol–water partition coefficient (Wildman–Crippen LogP) is 2.66. The van der Waals surface area contributed by atoms with E-state index in [9.17, 15) is 9.59 Å². The zero-order valence-corrected chi connectivity index (χ0v) is 14.6. The number of ether oxygens (including phenoxy) is 3. The predicted molar refractivity (Wildman–Crippen MR) is 92.6 cm³/mol. The number of amides is 1. The zero-order chi connectivity index (χ0) is 17.6. The molecule has 0 fully saturated rings. The molecule has 7 heteroatoms. The molecule has 2 heterocycles. The maximum Gasteiger partial charge on any atom is 0.306 e. The Bertz CT molecular complexity index is 744. The first-order valence-electron chi connectivity index (χ1n) is 7.98. The summed E-state index contributed by atoms with van der Waals surface area (Å²) in [7, 11) is 0. The third-order valence-electron chi connectivity index (χ3n) is 3.78. The van der Waals surface area contributed by atoms with Crippen molar-refractivity contribution in [1.82, 2.24) is 5.32 Å². The zero-order valence-electron chi connectivity index (χ0n) is 13.8. The number of nitrogens with one attached hydrogen (secondary N) is 1. The second-order valence-corrected chi connectivity index (χ2v) is 6.45. The Hall–Kier alpha value is -2.54. The Balaban J connectivity index is 1.42. The standard InChI is InChI=1S/C18H19NO5S/c1-12(24-17(20)5-3-13-6-7-25-10-13)18(21)19-9-14-2-4-15-16(8-14)23-11-22-15/h2,4,6-8,10,12H,3,5,9,11H2,1H3,(H,19,21)/t12-/m1/s1. The van der Waals surface area contributed by atoms with Crippen LogP contribution in [-0.2, 0) is 27.3 Å². The van der Waals surface area contributed by atoms with E-state index in [-0.39, 0.29) is 25.1 Å². The van der Waals surface area contributed by atoms with Gasteiger partial charge in [-0.1, -0.05) is 6.07 Å². The van der Waals surface area contributed by atoms with E-state index in [1.807, 2.05) is 29.0 Å². The number of carbonyl (C=O) groups is 2. The van der Waals surface area contributed by atoms with Crippen molar-refractivity contribution in [2.24, 2.45) is 0 Å². The number of benzene rings is 1. The number of aryl methyl sites for hydroxylation is 1. The van der Waals surface area contributed by atoms with Crippen LogP contribution in [0.5, 0.6) is 11.5 Å². The highest BCUT2D eigenvalue weighted by molar-refractivity contribution is 7.07. The van der Waals surface area contributed by atoms with E-state index < -0.39 is 6.10 Å². The van der Waals surface area contributed by atoms with Gasteiger partial charge >= 0.3 is 5.97 Å². The van der Waals surface area contributed by atoms with Crippen LogP contribution in [0.1, 0.15) is 24.5 Å². The van der Waals surface area contributed by atoms with Crippen molar-refractivity contribution in [1.29, 1.82) is 0 Å². The Labute approximate surface area is 149 Å². The van der Waals surface area contributed by atoms with E-state index in [2.05, 4.69) is 5.32 Å². The van der Waals surface area contributed by atoms with Gasteiger partial charge in [0.05, 0.1) is 0 Å². The summed E-state index contributed by atoms with van der Waals surface area (Å²) in [4.78, 5) is 23.9. The second-order valence-electron chi connectivity index (χ2n) is 5.67. The monoisotopic (exact) mass is 361 g/mol. The molecule has 0 aliphatic carbocycles. The molecular weight excluding hydrogens is 342 g/mol. The SMILES string of the molecule is C[C@@H](OC(=O)CCc1ccsc1)C(=O)NCc1ccc2c(c1)OCO2. The van der Waals surface area contributed by atoms with E-state index in [1.165, 1.54) is 0 Å². The molecule has 0 bridgehead atoms. The number of esters is 1. The van der Waals surface area contributed by atoms with Crippen LogP contribution >= 0.6 is 11.3 Å². The van der Waals surface area contributed by atoms with Gasteiger partial charge < -0.3 is 19.5 Å². The van der Waals surface area contributed by atoms with Crippen LogP contribution in [0, 0.1) is 0 Å². The number of fused-ring (bicyclic) bond motifs is 1. The number of carbonyl (C=O) groups excluding carboxylic acids is 2. The molecule has 1 aromatic carbocycles. The van der Waals surface area contributed by atoms with Crippen LogP contribution in [0.4, 0.5) is 0 Å². The summed E-state index contributed by atoms with van der Waals surface area (Å²) in [6.07, 6.45) is 0.0497. The Morgan fingerprint density at radius 2 is 2.08 bits per heavy atom. The van der Waals surface area contributed by atoms with Gasteiger partial charge in [-0.3, -0.25) is 9.59 Å². The van der Waals surface area contributed by atoms with E-state index in [0.29, 0.717) is 24.5 Å². The molecule has 2 aromatic rings. The lowest BCUT2D eigenvalue weighted by molar-refractivity contribution is -0.154. The molecule has 1 amide bonds. The van der Waals surface area contributed by atoms with Crippen LogP contribution < -0.4 is 14.8 Å². The summed E-state index contributed by atoms with van der Waals surface area (Å²) in [5, 5.41) is 6.71. The average molecular weight is 361 g/mol. The van der Waals surface area contributed by atoms with Gasteiger partial charge in [-0.25, -0.2) is 0 Å². The first kappa shape index (κ1) is 17.3. The molecular formula is C18H19NO5S. The number of thiophene rings is 1. The summed E-state index contributed by atoms with van der Waals surface area (Å²) in [5.41, 5.74) is 1.98. The molecule has 25 heavy (non-hydrogen) atoms. The van der Waals surface area contributed by atoms with E-state index in [4.69, 9.17) is 14.2 Å². The third kappa shape index (κ3) is 4.73. The van der Waals surface area contributed by atoms with Gasteiger partial charge in [-0.15, -0.1) is 0 Å². The van der Waals surface area contributed by atoms with E-state index in [0.717, 1.165) is 11.1 Å². The van der Waals surface area contributed by atoms with Crippen molar-refractivity contribution in [3.05, 3.63) is 46.2 Å². The van der Waals surface area contributed by atoms with Gasteiger partial charge in [0.15, 0.2) is 17.6 Å². The topological polar surface area (TPSA) is 73.9 Å². The highest BCUT2D eigenvalue weighted by atomic mass is 32.1. The highest BCUT2D eigenvalue weighted by Gasteiger charge is 2.18.